The van der Waals surface area contributed by atoms with Crippen molar-refractivity contribution in [3.8, 4) is 0 Å². The van der Waals surface area contributed by atoms with Crippen LogP contribution in [0.2, 0.25) is 0 Å². The SMILES string of the molecule is CC1=C(CCc2ccc(Sc3ccc(CCC4=C(C)C(=O)NC4=O)cc3C3=C(C)C(=O)NC3=O)c(C3=C(C)C(=O)NC3=O)c2)C(=O)NC1=O. The van der Waals surface area contributed by atoms with Gasteiger partial charge in [0.05, 0.1) is 11.1 Å². The molecule has 4 heterocycles. The van der Waals surface area contributed by atoms with E-state index in [9.17, 15) is 38.4 Å². The summed E-state index contributed by atoms with van der Waals surface area (Å²) in [6.45, 7) is 6.29. The van der Waals surface area contributed by atoms with Crippen molar-refractivity contribution in [2.45, 2.75) is 63.2 Å². The van der Waals surface area contributed by atoms with Crippen molar-refractivity contribution >= 4 is 70.2 Å². The maximum absolute atomic E-state index is 13.0. The summed E-state index contributed by atoms with van der Waals surface area (Å²) in [5, 5.41) is 9.25. The van der Waals surface area contributed by atoms with Crippen LogP contribution in [-0.2, 0) is 51.2 Å². The molecule has 0 spiro atoms. The highest BCUT2D eigenvalue weighted by Gasteiger charge is 2.33. The number of carbonyl (C=O) groups is 8. The number of benzene rings is 2. The Morgan fingerprint density at radius 1 is 0.429 bits per heavy atom. The molecule has 4 aliphatic heterocycles. The summed E-state index contributed by atoms with van der Waals surface area (Å²) in [5.74, 6) is -3.87. The van der Waals surface area contributed by atoms with Crippen LogP contribution in [0.15, 0.2) is 79.6 Å². The fourth-order valence-electron chi connectivity index (χ4n) is 6.19. The average Bonchev–Trinajstić information content (AvgIpc) is 3.65. The number of imide groups is 4. The summed E-state index contributed by atoms with van der Waals surface area (Å²) in [4.78, 5) is 101. The number of aryl methyl sites for hydroxylation is 2. The highest BCUT2D eigenvalue weighted by molar-refractivity contribution is 7.99. The molecule has 0 atom stereocenters. The number of rotatable bonds is 10. The zero-order valence-corrected chi connectivity index (χ0v) is 27.8. The molecule has 0 bridgehead atoms. The van der Waals surface area contributed by atoms with E-state index in [0.717, 1.165) is 11.1 Å². The molecule has 13 heteroatoms. The molecule has 0 radical (unpaired) electrons. The molecule has 248 valence electrons. The molecule has 2 aromatic rings. The molecule has 0 unspecified atom stereocenters. The summed E-state index contributed by atoms with van der Waals surface area (Å²) in [6.07, 6.45) is 1.32. The molecular weight excluding hydrogens is 648 g/mol. The largest absolute Gasteiger partial charge is 0.289 e. The van der Waals surface area contributed by atoms with Crippen LogP contribution >= 0.6 is 11.8 Å². The summed E-state index contributed by atoms with van der Waals surface area (Å²) in [6, 6.07) is 10.8. The second-order valence-electron chi connectivity index (χ2n) is 12.1. The Hall–Kier alpha value is -5.69. The highest BCUT2D eigenvalue weighted by atomic mass is 32.2. The summed E-state index contributed by atoms with van der Waals surface area (Å²) in [7, 11) is 0. The van der Waals surface area contributed by atoms with Crippen molar-refractivity contribution in [3.63, 3.8) is 0 Å². The van der Waals surface area contributed by atoms with Crippen LogP contribution < -0.4 is 21.3 Å². The van der Waals surface area contributed by atoms with Gasteiger partial charge >= 0.3 is 0 Å². The number of nitrogens with one attached hydrogen (secondary N) is 4. The van der Waals surface area contributed by atoms with Crippen molar-refractivity contribution in [3.05, 3.63) is 92.1 Å². The normalized spacial score (nSPS) is 18.0. The van der Waals surface area contributed by atoms with Gasteiger partial charge in [0.25, 0.3) is 47.3 Å². The van der Waals surface area contributed by atoms with E-state index in [0.29, 0.717) is 56.1 Å². The van der Waals surface area contributed by atoms with Crippen LogP contribution in [-0.4, -0.2) is 47.3 Å². The molecular formula is C36H30N4O8S. The topological polar surface area (TPSA) is 185 Å². The van der Waals surface area contributed by atoms with Gasteiger partial charge in [0.15, 0.2) is 0 Å². The quantitative estimate of drug-likeness (QED) is 0.274. The Labute approximate surface area is 284 Å². The molecule has 2 aromatic carbocycles. The van der Waals surface area contributed by atoms with Gasteiger partial charge in [-0.25, -0.2) is 0 Å². The fraction of sp³-hybridized carbons (Fsp3) is 0.222. The van der Waals surface area contributed by atoms with Crippen LogP contribution in [0.1, 0.15) is 62.8 Å². The van der Waals surface area contributed by atoms with Crippen molar-refractivity contribution < 1.29 is 38.4 Å². The lowest BCUT2D eigenvalue weighted by molar-refractivity contribution is -0.125. The summed E-state index contributed by atoms with van der Waals surface area (Å²) >= 11 is 1.24. The van der Waals surface area contributed by atoms with Gasteiger partial charge in [0, 0.05) is 54.4 Å². The minimum absolute atomic E-state index is 0.189. The van der Waals surface area contributed by atoms with Crippen molar-refractivity contribution in [1.82, 2.24) is 21.3 Å². The van der Waals surface area contributed by atoms with Gasteiger partial charge in [-0.15, -0.1) is 0 Å². The third-order valence-corrected chi connectivity index (χ3v) is 10.3. The van der Waals surface area contributed by atoms with E-state index in [1.807, 2.05) is 12.1 Å². The van der Waals surface area contributed by atoms with Crippen LogP contribution in [0, 0.1) is 0 Å². The standard InChI is InChI=1S/C36H30N4O8S/c1-15-21(33(45)37-29(15)41)9-5-19-7-11-25(23(13-19)27-17(3)31(43)39-35(27)47)49-26-12-8-20(6-10-22-16(2)30(42)38-34(22)46)14-24(26)28-18(4)32(44)40-36(28)48/h7-8,11-14H,5-6,9-10H2,1-4H3,(H,37,41,45)(H,38,42,46)(H,39,43,47)(H,40,44,48). The average molecular weight is 679 g/mol. The molecule has 8 amide bonds. The van der Waals surface area contributed by atoms with Crippen molar-refractivity contribution in [2.75, 3.05) is 0 Å². The van der Waals surface area contributed by atoms with Crippen LogP contribution in [0.25, 0.3) is 11.1 Å². The number of hydrogen-bond donors (Lipinski definition) is 4. The molecule has 0 aliphatic carbocycles. The molecule has 0 fully saturated rings. The van der Waals surface area contributed by atoms with Gasteiger partial charge in [0.2, 0.25) is 0 Å². The van der Waals surface area contributed by atoms with E-state index in [-0.39, 0.29) is 35.1 Å². The first-order valence-electron chi connectivity index (χ1n) is 15.4. The predicted octanol–water partition coefficient (Wildman–Crippen LogP) is 2.51. The van der Waals surface area contributed by atoms with Gasteiger partial charge in [0.1, 0.15) is 0 Å². The second kappa shape index (κ2) is 12.7. The third kappa shape index (κ3) is 6.08. The first-order chi connectivity index (χ1) is 23.2. The zero-order valence-electron chi connectivity index (χ0n) is 27.0. The number of carbonyl (C=O) groups excluding carboxylic acids is 8. The minimum Gasteiger partial charge on any atom is -0.289 e. The van der Waals surface area contributed by atoms with E-state index < -0.39 is 47.3 Å². The number of hydrogen-bond acceptors (Lipinski definition) is 9. The molecule has 4 N–H and O–H groups in total. The monoisotopic (exact) mass is 678 g/mol. The zero-order chi connectivity index (χ0) is 35.3. The second-order valence-corrected chi connectivity index (χ2v) is 13.2. The van der Waals surface area contributed by atoms with E-state index in [1.165, 1.54) is 11.8 Å². The molecule has 0 saturated carbocycles. The lowest BCUT2D eigenvalue weighted by atomic mass is 9.96. The van der Waals surface area contributed by atoms with Gasteiger partial charge < -0.3 is 0 Å². The maximum Gasteiger partial charge on any atom is 0.259 e. The minimum atomic E-state index is -0.560. The Morgan fingerprint density at radius 3 is 1.08 bits per heavy atom. The lowest BCUT2D eigenvalue weighted by Crippen LogP contribution is -2.23. The molecule has 12 nitrogen and oxygen atoms in total. The van der Waals surface area contributed by atoms with Gasteiger partial charge in [-0.1, -0.05) is 23.9 Å². The Kier molecular flexibility index (Phi) is 8.63. The van der Waals surface area contributed by atoms with E-state index in [2.05, 4.69) is 21.3 Å². The Balaban J connectivity index is 1.39. The fourth-order valence-corrected chi connectivity index (χ4v) is 7.24. The van der Waals surface area contributed by atoms with Crippen molar-refractivity contribution in [2.24, 2.45) is 0 Å². The van der Waals surface area contributed by atoms with E-state index >= 15 is 0 Å². The molecule has 6 rings (SSSR count). The van der Waals surface area contributed by atoms with Gasteiger partial charge in [-0.3, -0.25) is 59.6 Å². The smallest absolute Gasteiger partial charge is 0.259 e. The summed E-state index contributed by atoms with van der Waals surface area (Å²) < 4.78 is 0. The van der Waals surface area contributed by atoms with E-state index in [4.69, 9.17) is 0 Å². The van der Waals surface area contributed by atoms with Crippen LogP contribution in [0.4, 0.5) is 0 Å². The first-order valence-corrected chi connectivity index (χ1v) is 16.2. The lowest BCUT2D eigenvalue weighted by Gasteiger charge is -2.16. The first kappa shape index (κ1) is 33.2. The Bertz CT molecular complexity index is 1990. The number of amides is 8. The van der Waals surface area contributed by atoms with Gasteiger partial charge in [-0.05, 0) is 88.8 Å². The molecule has 49 heavy (non-hydrogen) atoms. The summed E-state index contributed by atoms with van der Waals surface area (Å²) in [5.41, 5.74) is 4.79. The third-order valence-electron chi connectivity index (χ3n) is 9.10. The van der Waals surface area contributed by atoms with Crippen LogP contribution in [0.5, 0.6) is 0 Å². The van der Waals surface area contributed by atoms with Crippen molar-refractivity contribution in [1.29, 1.82) is 0 Å². The molecule has 0 aromatic heterocycles. The molecule has 4 aliphatic rings. The van der Waals surface area contributed by atoms with Gasteiger partial charge in [-0.2, -0.15) is 0 Å². The van der Waals surface area contributed by atoms with Crippen LogP contribution in [0.3, 0.4) is 0 Å². The maximum atomic E-state index is 13.0. The predicted molar refractivity (Wildman–Crippen MR) is 177 cm³/mol. The highest BCUT2D eigenvalue weighted by Crippen LogP contribution is 2.42. The Morgan fingerprint density at radius 2 is 0.776 bits per heavy atom. The molecule has 0 saturated heterocycles. The van der Waals surface area contributed by atoms with E-state index in [1.54, 1.807) is 52.0 Å².